The maximum Gasteiger partial charge on any atom is 0.259 e. The van der Waals surface area contributed by atoms with Crippen molar-refractivity contribution in [2.75, 3.05) is 20.1 Å². The maximum absolute atomic E-state index is 14.1. The van der Waals surface area contributed by atoms with Crippen molar-refractivity contribution in [3.63, 3.8) is 0 Å². The quantitative estimate of drug-likeness (QED) is 0.630. The molecule has 0 unspecified atom stereocenters. The average molecular weight is 245 g/mol. The maximum atomic E-state index is 14.1. The van der Waals surface area contributed by atoms with E-state index in [0.29, 0.717) is 6.54 Å². The highest BCUT2D eigenvalue weighted by atomic mass is 19.1. The first kappa shape index (κ1) is 13.9. The summed E-state index contributed by atoms with van der Waals surface area (Å²) in [4.78, 5) is 23.3. The molecule has 1 fully saturated rings. The number of alkyl halides is 1. The van der Waals surface area contributed by atoms with Crippen molar-refractivity contribution < 1.29 is 14.0 Å². The van der Waals surface area contributed by atoms with Gasteiger partial charge >= 0.3 is 0 Å². The Balaban J connectivity index is 2.67. The normalized spacial score (nSPS) is 25.7. The molecule has 0 radical (unpaired) electrons. The fraction of sp³-hybridized carbons (Fsp3) is 0.818. The molecule has 2 atom stereocenters. The molecule has 6 heteroatoms. The van der Waals surface area contributed by atoms with Gasteiger partial charge < -0.3 is 16.0 Å². The van der Waals surface area contributed by atoms with Crippen molar-refractivity contribution in [2.45, 2.75) is 32.0 Å². The molecular weight excluding hydrogens is 225 g/mol. The van der Waals surface area contributed by atoms with Crippen molar-refractivity contribution in [3.05, 3.63) is 0 Å². The van der Waals surface area contributed by atoms with Crippen LogP contribution in [0, 0.1) is 5.92 Å². The Labute approximate surface area is 101 Å². The molecule has 1 heterocycles. The molecule has 1 aliphatic heterocycles. The van der Waals surface area contributed by atoms with E-state index in [1.807, 2.05) is 0 Å². The van der Waals surface area contributed by atoms with Gasteiger partial charge in [0.2, 0.25) is 11.6 Å². The first-order valence-electron chi connectivity index (χ1n) is 5.83. The summed E-state index contributed by atoms with van der Waals surface area (Å²) in [5, 5.41) is 7.75. The van der Waals surface area contributed by atoms with Crippen LogP contribution < -0.4 is 16.0 Å². The lowest BCUT2D eigenvalue weighted by molar-refractivity contribution is -0.136. The SMILES string of the molecule is CNC(=O)[C@@H](NC(=O)[C@]1(F)CCNC1)C(C)C. The zero-order valence-electron chi connectivity index (χ0n) is 10.5. The number of hydrogen-bond acceptors (Lipinski definition) is 3. The first-order valence-corrected chi connectivity index (χ1v) is 5.83. The molecule has 17 heavy (non-hydrogen) atoms. The van der Waals surface area contributed by atoms with Gasteiger partial charge in [-0.15, -0.1) is 0 Å². The standard InChI is InChI=1S/C11H20FN3O2/c1-7(2)8(9(16)13-3)15-10(17)11(12)4-5-14-6-11/h7-8,14H,4-6H2,1-3H3,(H,13,16)(H,15,17)/t8-,11-/m0/s1. The predicted molar refractivity (Wildman–Crippen MR) is 62.2 cm³/mol. The Morgan fingerprint density at radius 3 is 2.47 bits per heavy atom. The van der Waals surface area contributed by atoms with Gasteiger partial charge in [0.15, 0.2) is 0 Å². The number of rotatable bonds is 4. The third-order valence-electron chi connectivity index (χ3n) is 2.99. The summed E-state index contributed by atoms with van der Waals surface area (Å²) < 4.78 is 14.1. The Kier molecular flexibility index (Phi) is 4.45. The van der Waals surface area contributed by atoms with Crippen molar-refractivity contribution in [2.24, 2.45) is 5.92 Å². The summed E-state index contributed by atoms with van der Waals surface area (Å²) in [6.45, 7) is 4.10. The fourth-order valence-electron chi connectivity index (χ4n) is 1.82. The highest BCUT2D eigenvalue weighted by Crippen LogP contribution is 2.20. The number of likely N-dealkylation sites (N-methyl/N-ethyl adjacent to an activating group) is 1. The summed E-state index contributed by atoms with van der Waals surface area (Å²) in [6.07, 6.45) is 0.150. The number of halogens is 1. The van der Waals surface area contributed by atoms with Crippen LogP contribution in [-0.2, 0) is 9.59 Å². The van der Waals surface area contributed by atoms with Gasteiger partial charge in [0.1, 0.15) is 6.04 Å². The fourth-order valence-corrected chi connectivity index (χ4v) is 1.82. The van der Waals surface area contributed by atoms with Gasteiger partial charge in [0, 0.05) is 20.0 Å². The third kappa shape index (κ3) is 3.15. The van der Waals surface area contributed by atoms with Gasteiger partial charge in [0.05, 0.1) is 0 Å². The minimum atomic E-state index is -1.89. The van der Waals surface area contributed by atoms with E-state index in [2.05, 4.69) is 16.0 Å². The molecule has 98 valence electrons. The zero-order chi connectivity index (χ0) is 13.1. The Morgan fingerprint density at radius 1 is 1.41 bits per heavy atom. The van der Waals surface area contributed by atoms with Crippen molar-refractivity contribution in [1.82, 2.24) is 16.0 Å². The van der Waals surface area contributed by atoms with Crippen LogP contribution in [0.4, 0.5) is 4.39 Å². The monoisotopic (exact) mass is 245 g/mol. The molecule has 0 aromatic rings. The molecule has 0 aliphatic carbocycles. The van der Waals surface area contributed by atoms with Gasteiger partial charge in [0.25, 0.3) is 5.91 Å². The summed E-state index contributed by atoms with van der Waals surface area (Å²) >= 11 is 0. The van der Waals surface area contributed by atoms with Crippen LogP contribution in [0.1, 0.15) is 20.3 Å². The van der Waals surface area contributed by atoms with Crippen LogP contribution in [-0.4, -0.2) is 43.7 Å². The Morgan fingerprint density at radius 2 is 2.06 bits per heavy atom. The van der Waals surface area contributed by atoms with Crippen LogP contribution in [0.15, 0.2) is 0 Å². The third-order valence-corrected chi connectivity index (χ3v) is 2.99. The molecule has 1 aliphatic rings. The first-order chi connectivity index (χ1) is 7.90. The van der Waals surface area contributed by atoms with Crippen LogP contribution in [0.3, 0.4) is 0 Å². The summed E-state index contributed by atoms with van der Waals surface area (Å²) in [5.74, 6) is -1.09. The second-order valence-corrected chi connectivity index (χ2v) is 4.70. The molecule has 0 saturated carbocycles. The van der Waals surface area contributed by atoms with E-state index in [-0.39, 0.29) is 24.8 Å². The van der Waals surface area contributed by atoms with E-state index < -0.39 is 17.6 Å². The zero-order valence-corrected chi connectivity index (χ0v) is 10.5. The van der Waals surface area contributed by atoms with Crippen molar-refractivity contribution in [1.29, 1.82) is 0 Å². The van der Waals surface area contributed by atoms with E-state index in [9.17, 15) is 14.0 Å². The molecule has 2 amide bonds. The van der Waals surface area contributed by atoms with E-state index in [0.717, 1.165) is 0 Å². The van der Waals surface area contributed by atoms with E-state index in [1.54, 1.807) is 13.8 Å². The summed E-state index contributed by atoms with van der Waals surface area (Å²) in [6, 6.07) is -0.694. The van der Waals surface area contributed by atoms with E-state index in [4.69, 9.17) is 0 Å². The highest BCUT2D eigenvalue weighted by Gasteiger charge is 2.43. The molecule has 0 spiro atoms. The molecule has 1 rings (SSSR count). The van der Waals surface area contributed by atoms with Crippen LogP contribution >= 0.6 is 0 Å². The van der Waals surface area contributed by atoms with Gasteiger partial charge in [-0.2, -0.15) is 0 Å². The minimum Gasteiger partial charge on any atom is -0.357 e. The topological polar surface area (TPSA) is 70.2 Å². The molecule has 5 nitrogen and oxygen atoms in total. The molecule has 0 bridgehead atoms. The summed E-state index contributed by atoms with van der Waals surface area (Å²) in [7, 11) is 1.49. The van der Waals surface area contributed by atoms with Crippen LogP contribution in [0.25, 0.3) is 0 Å². The number of carbonyl (C=O) groups is 2. The second kappa shape index (κ2) is 5.44. The molecule has 0 aromatic carbocycles. The number of carbonyl (C=O) groups excluding carboxylic acids is 2. The van der Waals surface area contributed by atoms with Crippen molar-refractivity contribution >= 4 is 11.8 Å². The number of hydrogen-bond donors (Lipinski definition) is 3. The Bertz CT molecular complexity index is 301. The van der Waals surface area contributed by atoms with Gasteiger partial charge in [-0.25, -0.2) is 4.39 Å². The number of nitrogens with one attached hydrogen (secondary N) is 3. The molecular formula is C11H20FN3O2. The lowest BCUT2D eigenvalue weighted by Gasteiger charge is -2.25. The Hall–Kier alpha value is -1.17. The van der Waals surface area contributed by atoms with Gasteiger partial charge in [-0.3, -0.25) is 9.59 Å². The van der Waals surface area contributed by atoms with Gasteiger partial charge in [-0.05, 0) is 12.5 Å². The molecule has 3 N–H and O–H groups in total. The smallest absolute Gasteiger partial charge is 0.259 e. The van der Waals surface area contributed by atoms with E-state index in [1.165, 1.54) is 7.05 Å². The predicted octanol–water partition coefficient (Wildman–Crippen LogP) is -0.425. The molecule has 0 aromatic heterocycles. The lowest BCUT2D eigenvalue weighted by atomic mass is 10.00. The van der Waals surface area contributed by atoms with Crippen molar-refractivity contribution in [3.8, 4) is 0 Å². The highest BCUT2D eigenvalue weighted by molar-refractivity contribution is 5.91. The van der Waals surface area contributed by atoms with Crippen LogP contribution in [0.2, 0.25) is 0 Å². The second-order valence-electron chi connectivity index (χ2n) is 4.70. The summed E-state index contributed by atoms with van der Waals surface area (Å²) in [5.41, 5.74) is -1.89. The van der Waals surface area contributed by atoms with E-state index >= 15 is 0 Å². The van der Waals surface area contributed by atoms with Crippen LogP contribution in [0.5, 0.6) is 0 Å². The van der Waals surface area contributed by atoms with Gasteiger partial charge in [-0.1, -0.05) is 13.8 Å². The minimum absolute atomic E-state index is 0.0113. The lowest BCUT2D eigenvalue weighted by Crippen LogP contribution is -2.55. The molecule has 1 saturated heterocycles. The average Bonchev–Trinajstić information content (AvgIpc) is 2.72. The number of amides is 2. The largest absolute Gasteiger partial charge is 0.357 e.